The lowest BCUT2D eigenvalue weighted by Crippen LogP contribution is -2.52. The highest BCUT2D eigenvalue weighted by molar-refractivity contribution is 7.89. The normalized spacial score (nSPS) is 12.1. The van der Waals surface area contributed by atoms with Crippen LogP contribution in [0.3, 0.4) is 0 Å². The van der Waals surface area contributed by atoms with Crippen molar-refractivity contribution in [3.8, 4) is 0 Å². The van der Waals surface area contributed by atoms with Crippen molar-refractivity contribution >= 4 is 34.0 Å². The van der Waals surface area contributed by atoms with Crippen LogP contribution in [0, 0.1) is 6.92 Å². The Labute approximate surface area is 132 Å². The van der Waals surface area contributed by atoms with Gasteiger partial charge in [0.05, 0.1) is 4.90 Å². The Morgan fingerprint density at radius 2 is 1.85 bits per heavy atom. The lowest BCUT2D eigenvalue weighted by molar-refractivity contribution is 0.363. The zero-order chi connectivity index (χ0) is 14.7. The molecule has 1 aromatic carbocycles. The molecule has 1 aromatic rings. The summed E-state index contributed by atoms with van der Waals surface area (Å²) in [5, 5.41) is 0.521. The van der Waals surface area contributed by atoms with E-state index in [1.54, 1.807) is 19.1 Å². The lowest BCUT2D eigenvalue weighted by Gasteiger charge is -2.31. The fraction of sp³-hybridized carbons (Fsp3) is 0.538. The summed E-state index contributed by atoms with van der Waals surface area (Å²) in [6, 6.07) is 4.73. The fourth-order valence-electron chi connectivity index (χ4n) is 1.98. The zero-order valence-electron chi connectivity index (χ0n) is 11.9. The van der Waals surface area contributed by atoms with Crippen LogP contribution in [0.15, 0.2) is 23.1 Å². The Bertz CT molecular complexity index is 535. The van der Waals surface area contributed by atoms with Crippen molar-refractivity contribution in [1.29, 1.82) is 0 Å². The molecule has 0 saturated carbocycles. The van der Waals surface area contributed by atoms with Crippen LogP contribution in [-0.4, -0.2) is 20.5 Å². The molecule has 0 radical (unpaired) electrons. The van der Waals surface area contributed by atoms with Gasteiger partial charge >= 0.3 is 0 Å². The number of hydrogen-bond acceptors (Lipinski definition) is 3. The van der Waals surface area contributed by atoms with Gasteiger partial charge in [-0.2, -0.15) is 0 Å². The molecule has 0 aromatic heterocycles. The SMILES string of the molecule is CCC(CC)(CN)NS(=O)(=O)c1ccc(Cl)cc1C.Cl. The van der Waals surface area contributed by atoms with Gasteiger partial charge < -0.3 is 5.73 Å². The molecule has 0 aliphatic rings. The summed E-state index contributed by atoms with van der Waals surface area (Å²) in [5.41, 5.74) is 5.76. The maximum absolute atomic E-state index is 12.4. The van der Waals surface area contributed by atoms with Crippen molar-refractivity contribution < 1.29 is 8.42 Å². The van der Waals surface area contributed by atoms with Gasteiger partial charge in [-0.15, -0.1) is 12.4 Å². The number of nitrogens with one attached hydrogen (secondary N) is 1. The molecule has 20 heavy (non-hydrogen) atoms. The second-order valence-corrected chi connectivity index (χ2v) is 6.79. The molecule has 0 fully saturated rings. The minimum absolute atomic E-state index is 0. The molecule has 0 aliphatic heterocycles. The van der Waals surface area contributed by atoms with E-state index in [-0.39, 0.29) is 23.8 Å². The third kappa shape index (κ3) is 4.33. The smallest absolute Gasteiger partial charge is 0.241 e. The number of sulfonamides is 1. The summed E-state index contributed by atoms with van der Waals surface area (Å²) in [5.74, 6) is 0. The van der Waals surface area contributed by atoms with Crippen molar-refractivity contribution in [2.45, 2.75) is 44.0 Å². The van der Waals surface area contributed by atoms with E-state index < -0.39 is 15.6 Å². The summed E-state index contributed by atoms with van der Waals surface area (Å²) in [6.07, 6.45) is 1.29. The molecular formula is C13H22Cl2N2O2S. The van der Waals surface area contributed by atoms with Gasteiger partial charge in [0.15, 0.2) is 0 Å². The van der Waals surface area contributed by atoms with Crippen LogP contribution in [0.4, 0.5) is 0 Å². The largest absolute Gasteiger partial charge is 0.329 e. The van der Waals surface area contributed by atoms with Gasteiger partial charge in [0, 0.05) is 17.1 Å². The number of halogens is 2. The highest BCUT2D eigenvalue weighted by atomic mass is 35.5. The standard InChI is InChI=1S/C13H21ClN2O2S.ClH/c1-4-13(5-2,9-15)16-19(17,18)12-7-6-11(14)8-10(12)3;/h6-8,16H,4-5,9,15H2,1-3H3;1H. The van der Waals surface area contributed by atoms with Crippen molar-refractivity contribution in [3.05, 3.63) is 28.8 Å². The molecule has 0 unspecified atom stereocenters. The van der Waals surface area contributed by atoms with Crippen molar-refractivity contribution in [2.24, 2.45) is 5.73 Å². The van der Waals surface area contributed by atoms with Gasteiger partial charge in [-0.05, 0) is 43.5 Å². The summed E-state index contributed by atoms with van der Waals surface area (Å²) >= 11 is 5.85. The van der Waals surface area contributed by atoms with E-state index in [0.29, 0.717) is 23.4 Å². The Morgan fingerprint density at radius 1 is 1.30 bits per heavy atom. The first-order valence-electron chi connectivity index (χ1n) is 6.30. The maximum Gasteiger partial charge on any atom is 0.241 e. The minimum Gasteiger partial charge on any atom is -0.329 e. The zero-order valence-corrected chi connectivity index (χ0v) is 14.3. The van der Waals surface area contributed by atoms with Crippen LogP contribution in [0.25, 0.3) is 0 Å². The molecule has 3 N–H and O–H groups in total. The predicted molar refractivity (Wildman–Crippen MR) is 86.1 cm³/mol. The number of hydrogen-bond donors (Lipinski definition) is 2. The molecule has 4 nitrogen and oxygen atoms in total. The van der Waals surface area contributed by atoms with Crippen LogP contribution in [0.5, 0.6) is 0 Å². The molecule has 7 heteroatoms. The van der Waals surface area contributed by atoms with Crippen molar-refractivity contribution in [3.63, 3.8) is 0 Å². The van der Waals surface area contributed by atoms with Crippen LogP contribution < -0.4 is 10.5 Å². The van der Waals surface area contributed by atoms with E-state index in [0.717, 1.165) is 0 Å². The average Bonchev–Trinajstić information content (AvgIpc) is 2.35. The van der Waals surface area contributed by atoms with Crippen molar-refractivity contribution in [2.75, 3.05) is 6.54 Å². The molecule has 0 amide bonds. The van der Waals surface area contributed by atoms with Gasteiger partial charge in [0.2, 0.25) is 10.0 Å². The maximum atomic E-state index is 12.4. The molecule has 116 valence electrons. The Balaban J connectivity index is 0.00000361. The number of benzene rings is 1. The predicted octanol–water partition coefficient (Wildman–Crippen LogP) is 2.87. The fourth-order valence-corrected chi connectivity index (χ4v) is 3.99. The number of rotatable bonds is 6. The third-order valence-electron chi connectivity index (χ3n) is 3.52. The van der Waals surface area contributed by atoms with E-state index in [1.165, 1.54) is 6.07 Å². The van der Waals surface area contributed by atoms with Gasteiger partial charge in [-0.3, -0.25) is 0 Å². The molecular weight excluding hydrogens is 319 g/mol. The molecule has 0 bridgehead atoms. The average molecular weight is 341 g/mol. The second-order valence-electron chi connectivity index (χ2n) is 4.71. The summed E-state index contributed by atoms with van der Waals surface area (Å²) < 4.78 is 27.6. The van der Waals surface area contributed by atoms with E-state index in [2.05, 4.69) is 4.72 Å². The first-order valence-corrected chi connectivity index (χ1v) is 8.16. The molecule has 0 heterocycles. The Hall–Kier alpha value is -0.330. The Kier molecular flexibility index (Phi) is 7.49. The van der Waals surface area contributed by atoms with Gasteiger partial charge in [-0.1, -0.05) is 25.4 Å². The molecule has 0 spiro atoms. The topological polar surface area (TPSA) is 72.2 Å². The summed E-state index contributed by atoms with van der Waals surface area (Å²) in [7, 11) is -3.59. The molecule has 1 rings (SSSR count). The van der Waals surface area contributed by atoms with Gasteiger partial charge in [-0.25, -0.2) is 13.1 Å². The van der Waals surface area contributed by atoms with E-state index in [9.17, 15) is 8.42 Å². The van der Waals surface area contributed by atoms with Gasteiger partial charge in [0.25, 0.3) is 0 Å². The third-order valence-corrected chi connectivity index (χ3v) is 5.50. The quantitative estimate of drug-likeness (QED) is 0.836. The van der Waals surface area contributed by atoms with Crippen LogP contribution in [0.2, 0.25) is 5.02 Å². The highest BCUT2D eigenvalue weighted by Gasteiger charge is 2.31. The summed E-state index contributed by atoms with van der Waals surface area (Å²) in [6.45, 7) is 5.84. The van der Waals surface area contributed by atoms with Gasteiger partial charge in [0.1, 0.15) is 0 Å². The van der Waals surface area contributed by atoms with Crippen LogP contribution >= 0.6 is 24.0 Å². The number of nitrogens with two attached hydrogens (primary N) is 1. The molecule has 0 atom stereocenters. The second kappa shape index (κ2) is 7.61. The molecule has 0 saturated heterocycles. The van der Waals surface area contributed by atoms with Crippen LogP contribution in [-0.2, 0) is 10.0 Å². The van der Waals surface area contributed by atoms with Crippen molar-refractivity contribution in [1.82, 2.24) is 4.72 Å². The first kappa shape index (κ1) is 19.7. The van der Waals surface area contributed by atoms with E-state index in [1.807, 2.05) is 13.8 Å². The van der Waals surface area contributed by atoms with Crippen LogP contribution in [0.1, 0.15) is 32.3 Å². The molecule has 0 aliphatic carbocycles. The highest BCUT2D eigenvalue weighted by Crippen LogP contribution is 2.23. The van der Waals surface area contributed by atoms with E-state index >= 15 is 0 Å². The number of aryl methyl sites for hydroxylation is 1. The first-order chi connectivity index (χ1) is 8.80. The summed E-state index contributed by atoms with van der Waals surface area (Å²) in [4.78, 5) is 0.247. The lowest BCUT2D eigenvalue weighted by atomic mass is 9.95. The Morgan fingerprint density at radius 3 is 2.25 bits per heavy atom. The monoisotopic (exact) mass is 340 g/mol. The van der Waals surface area contributed by atoms with E-state index in [4.69, 9.17) is 17.3 Å². The minimum atomic E-state index is -3.59.